The van der Waals surface area contributed by atoms with Gasteiger partial charge in [0, 0.05) is 103 Å². The number of ether oxygens (including phenoxy) is 5. The van der Waals surface area contributed by atoms with Gasteiger partial charge in [-0.15, -0.1) is 0 Å². The van der Waals surface area contributed by atoms with E-state index in [-0.39, 0.29) is 67.5 Å². The predicted molar refractivity (Wildman–Crippen MR) is 287 cm³/mol. The van der Waals surface area contributed by atoms with Gasteiger partial charge in [-0.2, -0.15) is 0 Å². The number of anilines is 1. The first-order chi connectivity index (χ1) is 36.5. The summed E-state index contributed by atoms with van der Waals surface area (Å²) in [6.07, 6.45) is 16.8. The Kier molecular flexibility index (Phi) is 23.8. The number of nitrogens with zero attached hydrogens (tertiary/aromatic N) is 4. The van der Waals surface area contributed by atoms with E-state index < -0.39 is 66.2 Å². The fourth-order valence-electron chi connectivity index (χ4n) is 11.1. The number of piperazine rings is 1. The Morgan fingerprint density at radius 2 is 1.58 bits per heavy atom. The lowest BCUT2D eigenvalue weighted by molar-refractivity contribution is -0.167. The zero-order valence-corrected chi connectivity index (χ0v) is 46.1. The van der Waals surface area contributed by atoms with Crippen molar-refractivity contribution in [2.24, 2.45) is 23.7 Å². The van der Waals surface area contributed by atoms with Crippen molar-refractivity contribution in [3.8, 4) is 0 Å². The maximum atomic E-state index is 14.4. The molecular weight excluding hydrogens is 973 g/mol. The molecule has 1 saturated carbocycles. The van der Waals surface area contributed by atoms with Crippen LogP contribution in [0.4, 0.5) is 10.7 Å². The molecule has 76 heavy (non-hydrogen) atoms. The van der Waals surface area contributed by atoms with Crippen molar-refractivity contribution in [1.82, 2.24) is 25.5 Å². The number of esters is 1. The van der Waals surface area contributed by atoms with Gasteiger partial charge in [0.2, 0.25) is 11.7 Å². The number of hydrogen-bond donors (Lipinski definition) is 3. The van der Waals surface area contributed by atoms with E-state index in [1.165, 1.54) is 4.90 Å². The number of aromatic nitrogens is 2. The number of Topliss-reactive ketones (excluding diaryl/α,β-unsaturated/α-hetero) is 3. The monoisotopic (exact) mass is 1060 g/mol. The number of amides is 2. The van der Waals surface area contributed by atoms with Gasteiger partial charge in [-0.1, -0.05) is 57.2 Å². The molecule has 18 nitrogen and oxygen atoms in total. The molecule has 1 aliphatic carbocycles. The van der Waals surface area contributed by atoms with E-state index in [2.05, 4.69) is 25.5 Å². The third-order valence-electron chi connectivity index (χ3n) is 15.9. The molecule has 4 aliphatic heterocycles. The van der Waals surface area contributed by atoms with Crippen molar-refractivity contribution in [1.29, 1.82) is 0 Å². The molecule has 420 valence electrons. The standard InChI is InChI=1S/C58H86N6O12/c1-37-14-9-8-10-15-38(2)52(72-6)32-44-16-13-18-51(74-44)54(68)55(69)64-25-12-11-17-46(64)56(70)75-45(31-47(65)40(4)29-41(5)49(67)33-48(66)39(3)28-37)21-19-42-20-22-50(53(30-42)73-7)76-58(71)62-36-43-34-60-57(61-35-43)63-26-23-59-24-27-63/h8-10,14-15,29,34-35,37,39-40,42,44-46,49-53,59,67H,11-13,16-28,30-33,36H2,1-7H3,(H,62,71)/b10-8?,14-9+,38-15?,41-29+/t37-,39-,40-,42-,44?,45-,46+,49+,50-,51?,52+,53-/m1/s1. The molecule has 1 aromatic heterocycles. The second-order valence-corrected chi connectivity index (χ2v) is 21.9. The Labute approximate surface area is 450 Å². The number of hydrogen-bond acceptors (Lipinski definition) is 16. The third kappa shape index (κ3) is 18.0. The number of cyclic esters (lactones) is 1. The molecule has 0 radical (unpaired) electrons. The molecule has 2 unspecified atom stereocenters. The van der Waals surface area contributed by atoms with Crippen LogP contribution in [0, 0.1) is 23.7 Å². The van der Waals surface area contributed by atoms with Gasteiger partial charge >= 0.3 is 12.1 Å². The van der Waals surface area contributed by atoms with E-state index in [0.717, 1.165) is 37.3 Å². The van der Waals surface area contributed by atoms with Crippen molar-refractivity contribution in [3.05, 3.63) is 65.6 Å². The number of aliphatic hydroxyl groups excluding tert-OH is 1. The summed E-state index contributed by atoms with van der Waals surface area (Å²) >= 11 is 0. The molecule has 3 N–H and O–H groups in total. The average Bonchev–Trinajstić information content (AvgIpc) is 3.43. The summed E-state index contributed by atoms with van der Waals surface area (Å²) in [6.45, 7) is 13.1. The first kappa shape index (κ1) is 60.1. The number of aliphatic hydroxyl groups is 1. The highest BCUT2D eigenvalue weighted by atomic mass is 16.6. The Morgan fingerprint density at radius 1 is 0.816 bits per heavy atom. The molecule has 0 aromatic carbocycles. The average molecular weight is 1060 g/mol. The third-order valence-corrected chi connectivity index (χ3v) is 15.9. The van der Waals surface area contributed by atoms with Crippen molar-refractivity contribution in [2.75, 3.05) is 51.8 Å². The molecule has 6 rings (SSSR count). The Hall–Kier alpha value is -5.14. The lowest BCUT2D eigenvalue weighted by Gasteiger charge is -2.37. The number of fused-ring (bicyclic) bond motifs is 3. The van der Waals surface area contributed by atoms with Gasteiger partial charge in [0.15, 0.2) is 0 Å². The minimum atomic E-state index is -1.08. The number of alkyl carbamates (subject to hydrolysis) is 1. The number of ketones is 3. The second-order valence-electron chi connectivity index (χ2n) is 21.9. The largest absolute Gasteiger partial charge is 0.460 e. The Morgan fingerprint density at radius 3 is 2.32 bits per heavy atom. The lowest BCUT2D eigenvalue weighted by Crippen LogP contribution is -2.54. The van der Waals surface area contributed by atoms with Gasteiger partial charge in [-0.25, -0.2) is 19.6 Å². The normalized spacial score (nSPS) is 32.8. The van der Waals surface area contributed by atoms with Crippen molar-refractivity contribution in [2.45, 2.75) is 186 Å². The van der Waals surface area contributed by atoms with Crippen LogP contribution in [0.15, 0.2) is 60.0 Å². The van der Waals surface area contributed by atoms with Crippen LogP contribution in [-0.2, 0) is 54.2 Å². The number of allylic oxidation sites excluding steroid dienone is 6. The van der Waals surface area contributed by atoms with Crippen LogP contribution in [-0.4, -0.2) is 151 Å². The summed E-state index contributed by atoms with van der Waals surface area (Å²) < 4.78 is 30.2. The molecule has 18 heteroatoms. The lowest BCUT2D eigenvalue weighted by atomic mass is 9.81. The van der Waals surface area contributed by atoms with Crippen LogP contribution in [0.1, 0.15) is 136 Å². The summed E-state index contributed by atoms with van der Waals surface area (Å²) in [7, 11) is 3.22. The molecule has 0 spiro atoms. The zero-order valence-electron chi connectivity index (χ0n) is 46.1. The molecule has 2 bridgehead atoms. The Bertz CT molecular complexity index is 2230. The topological polar surface area (TPSA) is 225 Å². The van der Waals surface area contributed by atoms with Crippen molar-refractivity contribution >= 4 is 41.3 Å². The number of methoxy groups -OCH3 is 2. The van der Waals surface area contributed by atoms with Crippen LogP contribution in [0.2, 0.25) is 0 Å². The van der Waals surface area contributed by atoms with Gasteiger partial charge in [0.1, 0.15) is 35.9 Å². The number of nitrogens with one attached hydrogen (secondary N) is 2. The summed E-state index contributed by atoms with van der Waals surface area (Å²) in [5, 5.41) is 17.3. The van der Waals surface area contributed by atoms with Crippen molar-refractivity contribution in [3.63, 3.8) is 0 Å². The second kappa shape index (κ2) is 30.1. The quantitative estimate of drug-likeness (QED) is 0.130. The summed E-state index contributed by atoms with van der Waals surface area (Å²) in [6, 6.07) is -1.02. The van der Waals surface area contributed by atoms with Crippen LogP contribution in [0.5, 0.6) is 0 Å². The highest BCUT2D eigenvalue weighted by Crippen LogP contribution is 2.34. The van der Waals surface area contributed by atoms with E-state index in [9.17, 15) is 33.9 Å². The SMILES string of the molecule is CO[C@H]1CC2CCCC(O2)C(=O)C(=O)N2CCCC[C@H]2C(=O)O[C@H](CC[C@@H]2CC[C@@H](OC(=O)NCc3cnc(N4CCNCC4)nc3)[C@H](OC)C2)CC(=O)[C@H](C)/C=C(\C)[C@@H](O)CC(=O)[C@H](C)C[C@H](C)/C=C/C=CC=C1C. The smallest absolute Gasteiger partial charge is 0.407 e. The molecule has 1 aromatic rings. The summed E-state index contributed by atoms with van der Waals surface area (Å²) in [4.78, 5) is 95.4. The highest BCUT2D eigenvalue weighted by molar-refractivity contribution is 6.38. The van der Waals surface area contributed by atoms with Crippen LogP contribution in [0.25, 0.3) is 0 Å². The molecule has 3 saturated heterocycles. The van der Waals surface area contributed by atoms with E-state index >= 15 is 0 Å². The van der Waals surface area contributed by atoms with Gasteiger partial charge in [0.05, 0.1) is 24.4 Å². The van der Waals surface area contributed by atoms with Gasteiger partial charge in [0.25, 0.3) is 5.91 Å². The molecule has 5 heterocycles. The number of carbonyl (C=O) groups excluding carboxylic acids is 6. The molecule has 5 aliphatic rings. The zero-order chi connectivity index (χ0) is 54.7. The fraction of sp³-hybridized carbons (Fsp3) is 0.690. The van der Waals surface area contributed by atoms with E-state index in [4.69, 9.17) is 23.7 Å². The maximum absolute atomic E-state index is 14.4. The predicted octanol–water partition coefficient (Wildman–Crippen LogP) is 6.88. The first-order valence-electron chi connectivity index (χ1n) is 27.9. The van der Waals surface area contributed by atoms with E-state index in [1.54, 1.807) is 46.5 Å². The number of carbonyl (C=O) groups is 6. The van der Waals surface area contributed by atoms with Crippen LogP contribution < -0.4 is 15.5 Å². The summed E-state index contributed by atoms with van der Waals surface area (Å²) in [5.41, 5.74) is 2.21. The summed E-state index contributed by atoms with van der Waals surface area (Å²) in [5.74, 6) is -2.57. The van der Waals surface area contributed by atoms with Crippen LogP contribution in [0.3, 0.4) is 0 Å². The van der Waals surface area contributed by atoms with Crippen LogP contribution >= 0.6 is 0 Å². The molecular formula is C58H86N6O12. The minimum Gasteiger partial charge on any atom is -0.460 e. The first-order valence-corrected chi connectivity index (χ1v) is 27.9. The van der Waals surface area contributed by atoms with E-state index in [1.807, 2.05) is 51.2 Å². The maximum Gasteiger partial charge on any atom is 0.407 e. The van der Waals surface area contributed by atoms with Gasteiger partial charge in [-0.3, -0.25) is 19.2 Å². The van der Waals surface area contributed by atoms with E-state index in [0.29, 0.717) is 95.0 Å². The molecule has 12 atom stereocenters. The number of rotatable bonds is 9. The van der Waals surface area contributed by atoms with Crippen molar-refractivity contribution < 1.29 is 57.6 Å². The molecule has 2 amide bonds. The minimum absolute atomic E-state index is 0.0709. The van der Waals surface area contributed by atoms with Gasteiger partial charge in [-0.05, 0) is 114 Å². The van der Waals surface area contributed by atoms with Gasteiger partial charge < -0.3 is 49.2 Å². The molecule has 4 fully saturated rings. The number of piperidine rings is 1. The Balaban J connectivity index is 1.14. The highest BCUT2D eigenvalue weighted by Gasteiger charge is 2.42. The fourth-order valence-corrected chi connectivity index (χ4v) is 11.1.